The smallest absolute Gasteiger partial charge is 0.338 e. The Balaban J connectivity index is 3.02. The van der Waals surface area contributed by atoms with Crippen LogP contribution in [0.5, 0.6) is 0 Å². The first kappa shape index (κ1) is 16.0. The lowest BCUT2D eigenvalue weighted by Gasteiger charge is -2.08. The zero-order valence-corrected chi connectivity index (χ0v) is 11.4. The molecule has 0 radical (unpaired) electrons. The van der Waals surface area contributed by atoms with Crippen LogP contribution < -0.4 is 5.32 Å². The van der Waals surface area contributed by atoms with E-state index in [2.05, 4.69) is 5.32 Å². The molecule has 1 atom stereocenters. The topological polar surface area (TPSA) is 110 Å². The molecule has 0 aliphatic rings. The van der Waals surface area contributed by atoms with E-state index in [0.717, 1.165) is 6.07 Å². The van der Waals surface area contributed by atoms with Crippen molar-refractivity contribution >= 4 is 28.1 Å². The van der Waals surface area contributed by atoms with E-state index in [0.29, 0.717) is 11.8 Å². The molecule has 110 valence electrons. The Hall–Kier alpha value is -2.03. The largest absolute Gasteiger partial charge is 0.478 e. The lowest BCUT2D eigenvalue weighted by Crippen LogP contribution is -2.14. The van der Waals surface area contributed by atoms with Gasteiger partial charge in [-0.05, 0) is 6.07 Å². The number of carboxylic acid groups (broad SMARTS) is 1. The fraction of sp³-hybridized carbons (Fsp3) is 0.364. The van der Waals surface area contributed by atoms with Gasteiger partial charge in [0.05, 0.1) is 16.6 Å². The Morgan fingerprint density at radius 3 is 2.70 bits per heavy atom. The summed E-state index contributed by atoms with van der Waals surface area (Å²) in [5, 5.41) is 22.2. The van der Waals surface area contributed by atoms with Crippen molar-refractivity contribution in [3.8, 4) is 0 Å². The van der Waals surface area contributed by atoms with E-state index < -0.39 is 38.8 Å². The molecule has 0 aliphatic carbocycles. The number of hydrogen-bond donors (Lipinski definition) is 2. The molecule has 7 nitrogen and oxygen atoms in total. The maximum atomic E-state index is 13.4. The third kappa shape index (κ3) is 3.98. The normalized spacial score (nSPS) is 11.9. The highest BCUT2D eigenvalue weighted by atomic mass is 32.2. The molecule has 1 aromatic rings. The summed E-state index contributed by atoms with van der Waals surface area (Å²) in [5.74, 6) is -1.98. The minimum Gasteiger partial charge on any atom is -0.478 e. The second-order valence-electron chi connectivity index (χ2n) is 3.77. The van der Waals surface area contributed by atoms with Crippen molar-refractivity contribution in [3.05, 3.63) is 33.6 Å². The van der Waals surface area contributed by atoms with E-state index in [1.807, 2.05) is 0 Å². The van der Waals surface area contributed by atoms with E-state index >= 15 is 0 Å². The van der Waals surface area contributed by atoms with Gasteiger partial charge in [-0.1, -0.05) is 6.92 Å². The Morgan fingerprint density at radius 1 is 1.55 bits per heavy atom. The fourth-order valence-electron chi connectivity index (χ4n) is 1.46. The number of halogens is 1. The molecule has 9 heteroatoms. The van der Waals surface area contributed by atoms with E-state index in [-0.39, 0.29) is 18.0 Å². The zero-order valence-electron chi connectivity index (χ0n) is 10.6. The number of hydrogen-bond acceptors (Lipinski definition) is 5. The molecule has 0 aliphatic heterocycles. The van der Waals surface area contributed by atoms with Crippen LogP contribution in [0, 0.1) is 15.9 Å². The average Bonchev–Trinajstić information content (AvgIpc) is 2.39. The SMILES string of the molecule is CCS(=O)CCNc1cc(C(=O)O)c(F)cc1[N+](=O)[O-]. The van der Waals surface area contributed by atoms with Crippen molar-refractivity contribution in [3.63, 3.8) is 0 Å². The van der Waals surface area contributed by atoms with Crippen LogP contribution in [0.3, 0.4) is 0 Å². The molecule has 1 unspecified atom stereocenters. The number of nitrogens with zero attached hydrogens (tertiary/aromatic N) is 1. The molecule has 0 bridgehead atoms. The number of carbonyl (C=O) groups is 1. The molecule has 1 rings (SSSR count). The summed E-state index contributed by atoms with van der Waals surface area (Å²) in [6, 6.07) is 1.42. The zero-order chi connectivity index (χ0) is 15.3. The molecule has 0 amide bonds. The van der Waals surface area contributed by atoms with Crippen molar-refractivity contribution in [1.82, 2.24) is 0 Å². The van der Waals surface area contributed by atoms with Crippen LogP contribution in [-0.2, 0) is 10.8 Å². The predicted octanol–water partition coefficient (Wildman–Crippen LogP) is 1.61. The van der Waals surface area contributed by atoms with Crippen molar-refractivity contribution in [1.29, 1.82) is 0 Å². The van der Waals surface area contributed by atoms with Gasteiger partial charge in [-0.2, -0.15) is 0 Å². The number of rotatable bonds is 7. The molecular weight excluding hydrogens is 291 g/mol. The van der Waals surface area contributed by atoms with Gasteiger partial charge in [0, 0.05) is 28.9 Å². The third-order valence-electron chi connectivity index (χ3n) is 2.48. The Labute approximate surface area is 116 Å². The molecule has 0 heterocycles. The standard InChI is InChI=1S/C11H13FN2O5S/c1-2-20(19)4-3-13-9-5-7(11(15)16)8(12)6-10(9)14(17)18/h5-6,13H,2-4H2,1H3,(H,15,16). The van der Waals surface area contributed by atoms with Gasteiger partial charge in [0.25, 0.3) is 5.69 Å². The van der Waals surface area contributed by atoms with Crippen LogP contribution >= 0.6 is 0 Å². The second kappa shape index (κ2) is 6.94. The van der Waals surface area contributed by atoms with Gasteiger partial charge >= 0.3 is 5.97 Å². The van der Waals surface area contributed by atoms with Gasteiger partial charge in [0.15, 0.2) is 0 Å². The first-order chi connectivity index (χ1) is 9.36. The summed E-state index contributed by atoms with van der Waals surface area (Å²) in [5.41, 5.74) is -1.33. The average molecular weight is 304 g/mol. The lowest BCUT2D eigenvalue weighted by molar-refractivity contribution is -0.384. The summed E-state index contributed by atoms with van der Waals surface area (Å²) >= 11 is 0. The van der Waals surface area contributed by atoms with Gasteiger partial charge in [-0.3, -0.25) is 14.3 Å². The molecule has 1 aromatic carbocycles. The molecule has 0 spiro atoms. The monoisotopic (exact) mass is 304 g/mol. The number of carboxylic acids is 1. The van der Waals surface area contributed by atoms with Crippen molar-refractivity contribution < 1.29 is 23.4 Å². The van der Waals surface area contributed by atoms with Crippen molar-refractivity contribution in [2.75, 3.05) is 23.4 Å². The molecular formula is C11H13FN2O5S. The highest BCUT2D eigenvalue weighted by Gasteiger charge is 2.21. The number of benzene rings is 1. The predicted molar refractivity (Wildman–Crippen MR) is 72.1 cm³/mol. The minimum atomic E-state index is -1.52. The van der Waals surface area contributed by atoms with Crippen molar-refractivity contribution in [2.45, 2.75) is 6.92 Å². The Kier molecular flexibility index (Phi) is 5.56. The fourth-order valence-corrected chi connectivity index (χ4v) is 2.08. The highest BCUT2D eigenvalue weighted by Crippen LogP contribution is 2.27. The third-order valence-corrected chi connectivity index (χ3v) is 3.78. The van der Waals surface area contributed by atoms with Crippen LogP contribution in [-0.4, -0.2) is 38.3 Å². The lowest BCUT2D eigenvalue weighted by atomic mass is 10.1. The van der Waals surface area contributed by atoms with E-state index in [1.165, 1.54) is 0 Å². The van der Waals surface area contributed by atoms with Gasteiger partial charge in [0.1, 0.15) is 11.5 Å². The molecule has 20 heavy (non-hydrogen) atoms. The van der Waals surface area contributed by atoms with Crippen LogP contribution in [0.25, 0.3) is 0 Å². The van der Waals surface area contributed by atoms with Crippen LogP contribution in [0.2, 0.25) is 0 Å². The van der Waals surface area contributed by atoms with Gasteiger partial charge < -0.3 is 10.4 Å². The maximum Gasteiger partial charge on any atom is 0.338 e. The second-order valence-corrected chi connectivity index (χ2v) is 5.64. The number of anilines is 1. The number of nitro groups is 1. The van der Waals surface area contributed by atoms with E-state index in [9.17, 15) is 23.5 Å². The summed E-state index contributed by atoms with van der Waals surface area (Å²) in [6.45, 7) is 1.89. The van der Waals surface area contributed by atoms with Gasteiger partial charge in [0.2, 0.25) is 0 Å². The molecule has 0 saturated carbocycles. The van der Waals surface area contributed by atoms with E-state index in [4.69, 9.17) is 5.11 Å². The molecule has 0 aromatic heterocycles. The number of aromatic carboxylic acids is 1. The summed E-state index contributed by atoms with van der Waals surface area (Å²) in [6.07, 6.45) is 0. The Bertz CT molecular complexity index is 564. The Morgan fingerprint density at radius 2 is 2.20 bits per heavy atom. The molecule has 2 N–H and O–H groups in total. The van der Waals surface area contributed by atoms with Gasteiger partial charge in [-0.15, -0.1) is 0 Å². The minimum absolute atomic E-state index is 0.109. The first-order valence-corrected chi connectivity index (χ1v) is 7.15. The van der Waals surface area contributed by atoms with Crippen LogP contribution in [0.4, 0.5) is 15.8 Å². The summed E-state index contributed by atoms with van der Waals surface area (Å²) in [4.78, 5) is 20.8. The number of nitrogens with one attached hydrogen (secondary N) is 1. The summed E-state index contributed by atoms with van der Waals surface area (Å²) < 4.78 is 24.6. The molecule has 0 saturated heterocycles. The number of nitro benzene ring substituents is 1. The quantitative estimate of drug-likeness (QED) is 0.585. The van der Waals surface area contributed by atoms with Crippen LogP contribution in [0.15, 0.2) is 12.1 Å². The first-order valence-electron chi connectivity index (χ1n) is 5.66. The maximum absolute atomic E-state index is 13.4. The van der Waals surface area contributed by atoms with Gasteiger partial charge in [-0.25, -0.2) is 9.18 Å². The molecule has 0 fully saturated rings. The van der Waals surface area contributed by atoms with Crippen LogP contribution in [0.1, 0.15) is 17.3 Å². The highest BCUT2D eigenvalue weighted by molar-refractivity contribution is 7.84. The van der Waals surface area contributed by atoms with Crippen molar-refractivity contribution in [2.24, 2.45) is 0 Å². The van der Waals surface area contributed by atoms with E-state index in [1.54, 1.807) is 6.92 Å². The summed E-state index contributed by atoms with van der Waals surface area (Å²) in [7, 11) is -1.06.